The van der Waals surface area contributed by atoms with Crippen LogP contribution in [0.2, 0.25) is 0 Å². The van der Waals surface area contributed by atoms with E-state index < -0.39 is 0 Å². The number of ether oxygens (including phenoxy) is 3. The summed E-state index contributed by atoms with van der Waals surface area (Å²) in [6.45, 7) is 12.8. The minimum atomic E-state index is -0.0858. The van der Waals surface area contributed by atoms with Crippen LogP contribution in [0.3, 0.4) is 0 Å². The lowest BCUT2D eigenvalue weighted by Gasteiger charge is -2.15. The first kappa shape index (κ1) is 22.0. The molecule has 29 heavy (non-hydrogen) atoms. The largest absolute Gasteiger partial charge is 0.490 e. The first-order valence-corrected chi connectivity index (χ1v) is 9.72. The van der Waals surface area contributed by atoms with Crippen LogP contribution in [0, 0.1) is 0 Å². The summed E-state index contributed by atoms with van der Waals surface area (Å²) < 4.78 is 17.0. The lowest BCUT2D eigenvalue weighted by molar-refractivity contribution is 0.104. The van der Waals surface area contributed by atoms with E-state index in [0.29, 0.717) is 43.3 Å². The summed E-state index contributed by atoms with van der Waals surface area (Å²) in [5.74, 6) is 2.02. The maximum Gasteiger partial charge on any atom is 0.185 e. The fraction of sp³-hybridized carbons (Fsp3) is 0.240. The average molecular weight is 392 g/mol. The Hall–Kier alpha value is -3.27. The monoisotopic (exact) mass is 392 g/mol. The standard InChI is InChI=1S/C25H28O4/c1-5-9-21-17-19(18-24(27-7-3)25(21)28-8-4)10-15-23(26)20-11-13-22(14-12-20)29-16-6-2/h5-6,10-15,17-18H,1-2,7-9,16H2,3-4H3. The van der Waals surface area contributed by atoms with Gasteiger partial charge in [0.25, 0.3) is 0 Å². The SMILES string of the molecule is C=CCOc1ccc(C(=O)C=Cc2cc(CC=C)c(OCC)c(OCC)c2)cc1. The second-order valence-corrected chi connectivity index (χ2v) is 6.19. The Bertz CT molecular complexity index is 863. The average Bonchev–Trinajstić information content (AvgIpc) is 2.73. The zero-order chi connectivity index (χ0) is 21.1. The number of ketones is 1. The lowest BCUT2D eigenvalue weighted by atomic mass is 10.0. The number of hydrogen-bond donors (Lipinski definition) is 0. The maximum absolute atomic E-state index is 12.5. The van der Waals surface area contributed by atoms with Crippen LogP contribution in [-0.4, -0.2) is 25.6 Å². The molecule has 0 saturated heterocycles. The highest BCUT2D eigenvalue weighted by molar-refractivity contribution is 6.06. The van der Waals surface area contributed by atoms with Crippen LogP contribution in [0.5, 0.6) is 17.2 Å². The Morgan fingerprint density at radius 1 is 0.966 bits per heavy atom. The first-order chi connectivity index (χ1) is 14.1. The molecule has 0 N–H and O–H groups in total. The van der Waals surface area contributed by atoms with Crippen LogP contribution < -0.4 is 14.2 Å². The molecule has 2 aromatic rings. The van der Waals surface area contributed by atoms with Gasteiger partial charge < -0.3 is 14.2 Å². The van der Waals surface area contributed by atoms with E-state index in [-0.39, 0.29) is 5.78 Å². The van der Waals surface area contributed by atoms with Gasteiger partial charge in [0.15, 0.2) is 17.3 Å². The Balaban J connectivity index is 2.24. The fourth-order valence-electron chi connectivity index (χ4n) is 2.80. The van der Waals surface area contributed by atoms with Crippen molar-refractivity contribution in [3.63, 3.8) is 0 Å². The van der Waals surface area contributed by atoms with Gasteiger partial charge in [-0.2, -0.15) is 0 Å². The van der Waals surface area contributed by atoms with Gasteiger partial charge in [0.2, 0.25) is 0 Å². The van der Waals surface area contributed by atoms with Crippen LogP contribution in [0.4, 0.5) is 0 Å². The third kappa shape index (κ3) is 6.39. The van der Waals surface area contributed by atoms with Gasteiger partial charge in [-0.3, -0.25) is 4.79 Å². The highest BCUT2D eigenvalue weighted by atomic mass is 16.5. The van der Waals surface area contributed by atoms with E-state index in [1.165, 1.54) is 0 Å². The third-order valence-corrected chi connectivity index (χ3v) is 4.04. The summed E-state index contributed by atoms with van der Waals surface area (Å²) in [4.78, 5) is 12.5. The summed E-state index contributed by atoms with van der Waals surface area (Å²) in [5.41, 5.74) is 2.44. The predicted octanol–water partition coefficient (Wildman–Crippen LogP) is 5.67. The van der Waals surface area contributed by atoms with Crippen molar-refractivity contribution in [3.8, 4) is 17.2 Å². The molecule has 4 nitrogen and oxygen atoms in total. The molecule has 0 amide bonds. The molecular weight excluding hydrogens is 364 g/mol. The zero-order valence-corrected chi connectivity index (χ0v) is 17.1. The van der Waals surface area contributed by atoms with E-state index in [1.807, 2.05) is 32.1 Å². The second-order valence-electron chi connectivity index (χ2n) is 6.19. The zero-order valence-electron chi connectivity index (χ0n) is 17.1. The topological polar surface area (TPSA) is 44.8 Å². The van der Waals surface area contributed by atoms with Crippen molar-refractivity contribution in [1.29, 1.82) is 0 Å². The molecule has 0 radical (unpaired) electrons. The fourth-order valence-corrected chi connectivity index (χ4v) is 2.80. The Labute approximate surface area is 173 Å². The molecule has 0 unspecified atom stereocenters. The van der Waals surface area contributed by atoms with Crippen molar-refractivity contribution < 1.29 is 19.0 Å². The number of rotatable bonds is 12. The minimum Gasteiger partial charge on any atom is -0.490 e. The van der Waals surface area contributed by atoms with Crippen molar-refractivity contribution in [2.45, 2.75) is 20.3 Å². The Morgan fingerprint density at radius 2 is 1.69 bits per heavy atom. The quantitative estimate of drug-likeness (QED) is 0.265. The maximum atomic E-state index is 12.5. The number of benzene rings is 2. The summed E-state index contributed by atoms with van der Waals surface area (Å²) in [7, 11) is 0. The first-order valence-electron chi connectivity index (χ1n) is 9.72. The van der Waals surface area contributed by atoms with Crippen LogP contribution in [-0.2, 0) is 6.42 Å². The molecule has 152 valence electrons. The van der Waals surface area contributed by atoms with E-state index in [4.69, 9.17) is 14.2 Å². The number of carbonyl (C=O) groups is 1. The van der Waals surface area contributed by atoms with Crippen molar-refractivity contribution in [2.75, 3.05) is 19.8 Å². The summed E-state index contributed by atoms with van der Waals surface area (Å²) >= 11 is 0. The molecule has 0 atom stereocenters. The second kappa shape index (κ2) is 11.5. The van der Waals surface area contributed by atoms with Gasteiger partial charge in [0.1, 0.15) is 12.4 Å². The van der Waals surface area contributed by atoms with Crippen LogP contribution in [0.25, 0.3) is 6.08 Å². The molecule has 0 aliphatic heterocycles. The van der Waals surface area contributed by atoms with Crippen LogP contribution in [0.1, 0.15) is 35.3 Å². The molecule has 0 aliphatic carbocycles. The van der Waals surface area contributed by atoms with Crippen molar-refractivity contribution >= 4 is 11.9 Å². The third-order valence-electron chi connectivity index (χ3n) is 4.04. The van der Waals surface area contributed by atoms with Gasteiger partial charge >= 0.3 is 0 Å². The highest BCUT2D eigenvalue weighted by Crippen LogP contribution is 2.34. The summed E-state index contributed by atoms with van der Waals surface area (Å²) in [5, 5.41) is 0. The molecule has 2 rings (SSSR count). The van der Waals surface area contributed by atoms with Gasteiger partial charge in [-0.25, -0.2) is 0 Å². The summed E-state index contributed by atoms with van der Waals surface area (Å²) in [6.07, 6.45) is 7.49. The van der Waals surface area contributed by atoms with Gasteiger partial charge in [-0.1, -0.05) is 24.8 Å². The Kier molecular flexibility index (Phi) is 8.77. The van der Waals surface area contributed by atoms with Gasteiger partial charge in [-0.05, 0) is 68.3 Å². The molecule has 0 bridgehead atoms. The molecule has 0 fully saturated rings. The molecule has 2 aromatic carbocycles. The van der Waals surface area contributed by atoms with E-state index in [9.17, 15) is 4.79 Å². The molecule has 4 heteroatoms. The van der Waals surface area contributed by atoms with E-state index in [0.717, 1.165) is 16.9 Å². The normalized spacial score (nSPS) is 10.6. The van der Waals surface area contributed by atoms with E-state index in [2.05, 4.69) is 13.2 Å². The molecule has 0 spiro atoms. The van der Waals surface area contributed by atoms with E-state index >= 15 is 0 Å². The molecule has 0 saturated carbocycles. The van der Waals surface area contributed by atoms with Crippen LogP contribution >= 0.6 is 0 Å². The smallest absolute Gasteiger partial charge is 0.185 e. The van der Waals surface area contributed by atoms with Crippen molar-refractivity contribution in [1.82, 2.24) is 0 Å². The predicted molar refractivity (Wildman–Crippen MR) is 118 cm³/mol. The molecule has 0 aliphatic rings. The molecule has 0 aromatic heterocycles. The minimum absolute atomic E-state index is 0.0858. The number of allylic oxidation sites excluding steroid dienone is 2. The summed E-state index contributed by atoms with van der Waals surface area (Å²) in [6, 6.07) is 10.9. The van der Waals surface area contributed by atoms with Gasteiger partial charge in [-0.15, -0.1) is 6.58 Å². The number of carbonyl (C=O) groups excluding carboxylic acids is 1. The Morgan fingerprint density at radius 3 is 2.31 bits per heavy atom. The van der Waals surface area contributed by atoms with Gasteiger partial charge in [0, 0.05) is 11.1 Å². The highest BCUT2D eigenvalue weighted by Gasteiger charge is 2.12. The van der Waals surface area contributed by atoms with E-state index in [1.54, 1.807) is 42.5 Å². The van der Waals surface area contributed by atoms with Gasteiger partial charge in [0.05, 0.1) is 13.2 Å². The van der Waals surface area contributed by atoms with Crippen LogP contribution in [0.15, 0.2) is 67.8 Å². The van der Waals surface area contributed by atoms with Crippen molar-refractivity contribution in [3.05, 3.63) is 84.5 Å². The number of hydrogen-bond acceptors (Lipinski definition) is 4. The van der Waals surface area contributed by atoms with Crippen molar-refractivity contribution in [2.24, 2.45) is 0 Å². The molecule has 0 heterocycles. The molecular formula is C25H28O4. The lowest BCUT2D eigenvalue weighted by Crippen LogP contribution is -2.02.